The number of nitrogens with one attached hydrogen (secondary N) is 1. The van der Waals surface area contributed by atoms with Crippen molar-refractivity contribution in [3.8, 4) is 0 Å². The van der Waals surface area contributed by atoms with Crippen LogP contribution in [0.4, 0.5) is 4.39 Å². The van der Waals surface area contributed by atoms with E-state index in [9.17, 15) is 4.39 Å². The van der Waals surface area contributed by atoms with Gasteiger partial charge in [-0.25, -0.2) is 9.82 Å². The van der Waals surface area contributed by atoms with Crippen LogP contribution in [-0.2, 0) is 0 Å². The van der Waals surface area contributed by atoms with Gasteiger partial charge in [0.15, 0.2) is 0 Å². The maximum absolute atomic E-state index is 14.1. The molecule has 3 N–H and O–H groups in total. The third-order valence-corrected chi connectivity index (χ3v) is 3.12. The molecule has 0 saturated carbocycles. The number of nitrogens with two attached hydrogens (primary N) is 1. The van der Waals surface area contributed by atoms with Crippen molar-refractivity contribution in [2.45, 2.75) is 32.9 Å². The van der Waals surface area contributed by atoms with Gasteiger partial charge in [0.1, 0.15) is 5.82 Å². The molecule has 102 valence electrons. The fourth-order valence-electron chi connectivity index (χ4n) is 2.19. The summed E-state index contributed by atoms with van der Waals surface area (Å²) in [5, 5.41) is 4.26. The molecule has 0 bridgehead atoms. The van der Waals surface area contributed by atoms with Gasteiger partial charge in [0.25, 0.3) is 0 Å². The van der Waals surface area contributed by atoms with Gasteiger partial charge in [-0.1, -0.05) is 12.1 Å². The van der Waals surface area contributed by atoms with Crippen molar-refractivity contribution < 1.29 is 4.39 Å². The van der Waals surface area contributed by atoms with E-state index in [4.69, 9.17) is 5.84 Å². The highest BCUT2D eigenvalue weighted by molar-refractivity contribution is 5.31. The second kappa shape index (κ2) is 5.50. The minimum Gasteiger partial charge on any atom is -0.271 e. The zero-order chi connectivity index (χ0) is 14.0. The van der Waals surface area contributed by atoms with Gasteiger partial charge in [0.05, 0.1) is 11.7 Å². The molecule has 0 fully saturated rings. The van der Waals surface area contributed by atoms with Crippen molar-refractivity contribution in [2.24, 2.45) is 5.84 Å². The molecule has 1 aromatic carbocycles. The number of nitrogens with zero attached hydrogens (tertiary/aromatic N) is 2. The SMILES string of the molecule is Cc1ccc(C(NN)c2ccnn2C(C)C)c(F)c1. The molecule has 1 aromatic heterocycles. The number of hydrogen-bond donors (Lipinski definition) is 2. The molecule has 0 radical (unpaired) electrons. The molecule has 0 spiro atoms. The Hall–Kier alpha value is -1.72. The molecule has 0 aliphatic heterocycles. The van der Waals surface area contributed by atoms with Crippen LogP contribution in [0.25, 0.3) is 0 Å². The zero-order valence-electron chi connectivity index (χ0n) is 11.4. The Labute approximate surface area is 112 Å². The van der Waals surface area contributed by atoms with Crippen LogP contribution < -0.4 is 11.3 Å². The summed E-state index contributed by atoms with van der Waals surface area (Å²) in [6.45, 7) is 5.90. The maximum Gasteiger partial charge on any atom is 0.128 e. The van der Waals surface area contributed by atoms with Crippen molar-refractivity contribution in [2.75, 3.05) is 0 Å². The van der Waals surface area contributed by atoms with Gasteiger partial charge < -0.3 is 0 Å². The van der Waals surface area contributed by atoms with Crippen LogP contribution in [0.1, 0.15) is 42.8 Å². The third-order valence-electron chi connectivity index (χ3n) is 3.12. The number of halogens is 1. The second-order valence-electron chi connectivity index (χ2n) is 4.92. The van der Waals surface area contributed by atoms with Gasteiger partial charge in [0.2, 0.25) is 0 Å². The predicted molar refractivity (Wildman–Crippen MR) is 72.9 cm³/mol. The van der Waals surface area contributed by atoms with Crippen LogP contribution in [0.15, 0.2) is 30.5 Å². The quantitative estimate of drug-likeness (QED) is 0.657. The molecule has 0 aliphatic carbocycles. The monoisotopic (exact) mass is 262 g/mol. The summed E-state index contributed by atoms with van der Waals surface area (Å²) in [6.07, 6.45) is 1.70. The number of aryl methyl sites for hydroxylation is 1. The summed E-state index contributed by atoms with van der Waals surface area (Å²) >= 11 is 0. The molecule has 1 unspecified atom stereocenters. The Balaban J connectivity index is 2.47. The lowest BCUT2D eigenvalue weighted by Gasteiger charge is -2.20. The van der Waals surface area contributed by atoms with Crippen LogP contribution >= 0.6 is 0 Å². The molecule has 0 aliphatic rings. The summed E-state index contributed by atoms with van der Waals surface area (Å²) < 4.78 is 15.9. The predicted octanol–water partition coefficient (Wildman–Crippen LogP) is 2.46. The van der Waals surface area contributed by atoms with Crippen LogP contribution in [0.2, 0.25) is 0 Å². The van der Waals surface area contributed by atoms with Gasteiger partial charge in [-0.15, -0.1) is 0 Å². The number of benzene rings is 1. The molecule has 0 saturated heterocycles. The fraction of sp³-hybridized carbons (Fsp3) is 0.357. The first-order valence-electron chi connectivity index (χ1n) is 6.30. The first kappa shape index (κ1) is 13.7. The number of aromatic nitrogens is 2. The summed E-state index contributed by atoms with van der Waals surface area (Å²) in [5.74, 6) is 5.35. The standard InChI is InChI=1S/C14H19FN4/c1-9(2)19-13(6-7-17-19)14(18-16)11-5-4-10(3)8-12(11)15/h4-9,14,18H,16H2,1-3H3. The average molecular weight is 262 g/mol. The molecule has 5 heteroatoms. The highest BCUT2D eigenvalue weighted by atomic mass is 19.1. The Morgan fingerprint density at radius 2 is 2.05 bits per heavy atom. The van der Waals surface area contributed by atoms with E-state index in [-0.39, 0.29) is 11.9 Å². The van der Waals surface area contributed by atoms with Gasteiger partial charge in [0, 0.05) is 17.8 Å². The van der Waals surface area contributed by atoms with E-state index in [0.29, 0.717) is 5.56 Å². The lowest BCUT2D eigenvalue weighted by molar-refractivity contribution is 0.467. The second-order valence-corrected chi connectivity index (χ2v) is 4.92. The van der Waals surface area contributed by atoms with E-state index < -0.39 is 6.04 Å². The van der Waals surface area contributed by atoms with Gasteiger partial charge in [-0.05, 0) is 38.5 Å². The molecule has 1 atom stereocenters. The summed E-state index contributed by atoms with van der Waals surface area (Å²) in [7, 11) is 0. The topological polar surface area (TPSA) is 55.9 Å². The highest BCUT2D eigenvalue weighted by Crippen LogP contribution is 2.25. The van der Waals surface area contributed by atoms with E-state index in [2.05, 4.69) is 10.5 Å². The van der Waals surface area contributed by atoms with Crippen LogP contribution in [0, 0.1) is 12.7 Å². The Morgan fingerprint density at radius 3 is 2.63 bits per heavy atom. The summed E-state index contributed by atoms with van der Waals surface area (Å²) in [5.41, 5.74) is 4.93. The summed E-state index contributed by atoms with van der Waals surface area (Å²) in [4.78, 5) is 0. The van der Waals surface area contributed by atoms with Gasteiger partial charge in [-0.3, -0.25) is 10.5 Å². The van der Waals surface area contributed by atoms with Gasteiger partial charge >= 0.3 is 0 Å². The van der Waals surface area contributed by atoms with E-state index in [1.165, 1.54) is 6.07 Å². The lowest BCUT2D eigenvalue weighted by Crippen LogP contribution is -2.31. The number of hydrazine groups is 1. The van der Waals surface area contributed by atoms with Crippen molar-refractivity contribution in [3.63, 3.8) is 0 Å². The first-order valence-corrected chi connectivity index (χ1v) is 6.30. The molecule has 0 amide bonds. The van der Waals surface area contributed by atoms with E-state index in [0.717, 1.165) is 11.3 Å². The zero-order valence-corrected chi connectivity index (χ0v) is 11.4. The highest BCUT2D eigenvalue weighted by Gasteiger charge is 2.21. The average Bonchev–Trinajstić information content (AvgIpc) is 2.82. The molecule has 2 aromatic rings. The van der Waals surface area contributed by atoms with E-state index in [1.54, 1.807) is 12.3 Å². The first-order chi connectivity index (χ1) is 9.04. The Bertz CT molecular complexity index is 562. The fourth-order valence-corrected chi connectivity index (χ4v) is 2.19. The molecule has 4 nitrogen and oxygen atoms in total. The molecule has 2 rings (SSSR count). The van der Waals surface area contributed by atoms with Crippen molar-refractivity contribution >= 4 is 0 Å². The van der Waals surface area contributed by atoms with E-state index >= 15 is 0 Å². The van der Waals surface area contributed by atoms with Crippen LogP contribution in [0.5, 0.6) is 0 Å². The maximum atomic E-state index is 14.1. The number of hydrogen-bond acceptors (Lipinski definition) is 3. The van der Waals surface area contributed by atoms with E-state index in [1.807, 2.05) is 37.6 Å². The largest absolute Gasteiger partial charge is 0.271 e. The molecule has 1 heterocycles. The Kier molecular flexibility index (Phi) is 3.97. The van der Waals surface area contributed by atoms with Gasteiger partial charge in [-0.2, -0.15) is 5.10 Å². The number of rotatable bonds is 4. The molecule has 19 heavy (non-hydrogen) atoms. The third kappa shape index (κ3) is 2.67. The van der Waals surface area contributed by atoms with Crippen LogP contribution in [0.3, 0.4) is 0 Å². The van der Waals surface area contributed by atoms with Crippen molar-refractivity contribution in [1.82, 2.24) is 15.2 Å². The minimum absolute atomic E-state index is 0.189. The molecular formula is C14H19FN4. The lowest BCUT2D eigenvalue weighted by atomic mass is 10.0. The molecular weight excluding hydrogens is 243 g/mol. The normalized spacial score (nSPS) is 12.9. The summed E-state index contributed by atoms with van der Waals surface area (Å²) in [6, 6.07) is 6.77. The minimum atomic E-state index is -0.412. The Morgan fingerprint density at radius 1 is 1.32 bits per heavy atom. The van der Waals surface area contributed by atoms with Crippen molar-refractivity contribution in [1.29, 1.82) is 0 Å². The van der Waals surface area contributed by atoms with Crippen molar-refractivity contribution in [3.05, 3.63) is 53.1 Å². The smallest absolute Gasteiger partial charge is 0.128 e. The van der Waals surface area contributed by atoms with Crippen LogP contribution in [-0.4, -0.2) is 9.78 Å².